The van der Waals surface area contributed by atoms with Gasteiger partial charge in [0.25, 0.3) is 0 Å². The van der Waals surface area contributed by atoms with Crippen LogP contribution >= 0.6 is 0 Å². The lowest BCUT2D eigenvalue weighted by atomic mass is 10.1. The summed E-state index contributed by atoms with van der Waals surface area (Å²) in [5.41, 5.74) is 4.33. The number of benzene rings is 1. The molecule has 2 aromatic rings. The third kappa shape index (κ3) is 1.88. The maximum atomic E-state index is 11.2. The average molecular weight is 238 g/mol. The number of nitrogens with zero attached hydrogens (tertiary/aromatic N) is 2. The number of carbonyl (C=O) groups excluding carboxylic acids is 1. The largest absolute Gasteiger partial charge is 0.362 e. The molecule has 3 heteroatoms. The number of anilines is 1. The summed E-state index contributed by atoms with van der Waals surface area (Å²) in [6.45, 7) is 3.36. The van der Waals surface area contributed by atoms with E-state index in [2.05, 4.69) is 34.1 Å². The molecule has 18 heavy (non-hydrogen) atoms. The highest BCUT2D eigenvalue weighted by atomic mass is 16.1. The lowest BCUT2D eigenvalue weighted by molar-refractivity contribution is 0.101. The van der Waals surface area contributed by atoms with E-state index in [9.17, 15) is 4.79 Å². The van der Waals surface area contributed by atoms with E-state index in [1.54, 1.807) is 12.3 Å². The third-order valence-corrected chi connectivity index (χ3v) is 3.31. The van der Waals surface area contributed by atoms with Crippen molar-refractivity contribution in [1.82, 2.24) is 4.98 Å². The lowest BCUT2D eigenvalue weighted by Gasteiger charge is -2.17. The molecule has 1 aliphatic rings. The van der Waals surface area contributed by atoms with Crippen LogP contribution in [0.15, 0.2) is 42.6 Å². The SMILES string of the molecule is CC(=O)c1ccc(N2Cc3ccccc3C2)cn1. The highest BCUT2D eigenvalue weighted by molar-refractivity contribution is 5.92. The maximum Gasteiger partial charge on any atom is 0.178 e. The summed E-state index contributed by atoms with van der Waals surface area (Å²) in [4.78, 5) is 17.6. The Hall–Kier alpha value is -2.16. The van der Waals surface area contributed by atoms with Gasteiger partial charge in [0.15, 0.2) is 5.78 Å². The molecule has 0 bridgehead atoms. The first-order valence-corrected chi connectivity index (χ1v) is 6.03. The van der Waals surface area contributed by atoms with Crippen molar-refractivity contribution in [2.45, 2.75) is 20.0 Å². The lowest BCUT2D eigenvalue weighted by Crippen LogP contribution is -2.15. The Kier molecular flexibility index (Phi) is 2.59. The van der Waals surface area contributed by atoms with Gasteiger partial charge in [0.05, 0.1) is 11.9 Å². The maximum absolute atomic E-state index is 11.2. The predicted octanol–water partition coefficient (Wildman–Crippen LogP) is 2.80. The van der Waals surface area contributed by atoms with E-state index in [-0.39, 0.29) is 5.78 Å². The van der Waals surface area contributed by atoms with E-state index >= 15 is 0 Å². The number of Topliss-reactive ketones (excluding diaryl/α,β-unsaturated/α-hetero) is 1. The number of ketones is 1. The van der Waals surface area contributed by atoms with E-state index in [1.165, 1.54) is 18.1 Å². The Labute approximate surface area is 106 Å². The van der Waals surface area contributed by atoms with Crippen molar-refractivity contribution < 1.29 is 4.79 Å². The van der Waals surface area contributed by atoms with Gasteiger partial charge >= 0.3 is 0 Å². The van der Waals surface area contributed by atoms with Gasteiger partial charge in [0.2, 0.25) is 0 Å². The fraction of sp³-hybridized carbons (Fsp3) is 0.200. The van der Waals surface area contributed by atoms with E-state index in [0.717, 1.165) is 18.8 Å². The number of hydrogen-bond donors (Lipinski definition) is 0. The van der Waals surface area contributed by atoms with Gasteiger partial charge in [0, 0.05) is 20.0 Å². The van der Waals surface area contributed by atoms with Gasteiger partial charge in [-0.15, -0.1) is 0 Å². The van der Waals surface area contributed by atoms with Crippen molar-refractivity contribution >= 4 is 11.5 Å². The Morgan fingerprint density at radius 3 is 2.28 bits per heavy atom. The second-order valence-electron chi connectivity index (χ2n) is 4.58. The van der Waals surface area contributed by atoms with Crippen molar-refractivity contribution in [3.8, 4) is 0 Å². The van der Waals surface area contributed by atoms with Crippen LogP contribution in [0.3, 0.4) is 0 Å². The van der Waals surface area contributed by atoms with Gasteiger partial charge in [-0.05, 0) is 23.3 Å². The average Bonchev–Trinajstić information content (AvgIpc) is 2.82. The van der Waals surface area contributed by atoms with Crippen molar-refractivity contribution in [1.29, 1.82) is 0 Å². The number of rotatable bonds is 2. The van der Waals surface area contributed by atoms with Crippen LogP contribution in [0.1, 0.15) is 28.5 Å². The molecule has 0 N–H and O–H groups in total. The van der Waals surface area contributed by atoms with Crippen molar-refractivity contribution in [2.75, 3.05) is 4.90 Å². The molecule has 0 fully saturated rings. The first kappa shape index (κ1) is 11.0. The fourth-order valence-corrected chi connectivity index (χ4v) is 2.30. The number of pyridine rings is 1. The van der Waals surface area contributed by atoms with Gasteiger partial charge in [-0.25, -0.2) is 0 Å². The van der Waals surface area contributed by atoms with Crippen molar-refractivity contribution in [3.63, 3.8) is 0 Å². The van der Waals surface area contributed by atoms with Gasteiger partial charge in [-0.1, -0.05) is 24.3 Å². The molecule has 3 rings (SSSR count). The molecule has 0 saturated carbocycles. The summed E-state index contributed by atoms with van der Waals surface area (Å²) in [6, 6.07) is 12.2. The number of carbonyl (C=O) groups is 1. The molecule has 90 valence electrons. The zero-order chi connectivity index (χ0) is 12.5. The molecule has 1 aromatic heterocycles. The van der Waals surface area contributed by atoms with E-state index in [4.69, 9.17) is 0 Å². The van der Waals surface area contributed by atoms with Crippen molar-refractivity contribution in [2.24, 2.45) is 0 Å². The van der Waals surface area contributed by atoms with Crippen LogP contribution in [0.2, 0.25) is 0 Å². The molecule has 0 spiro atoms. The monoisotopic (exact) mass is 238 g/mol. The van der Waals surface area contributed by atoms with E-state index < -0.39 is 0 Å². The van der Waals surface area contributed by atoms with Crippen LogP contribution in [0, 0.1) is 0 Å². The first-order chi connectivity index (χ1) is 8.74. The smallest absolute Gasteiger partial charge is 0.178 e. The molecule has 0 unspecified atom stereocenters. The second-order valence-corrected chi connectivity index (χ2v) is 4.58. The molecule has 1 aliphatic heterocycles. The van der Waals surface area contributed by atoms with E-state index in [1.807, 2.05) is 6.07 Å². The Bertz CT molecular complexity index is 565. The van der Waals surface area contributed by atoms with Gasteiger partial charge < -0.3 is 4.90 Å². The molecule has 0 saturated heterocycles. The molecule has 0 atom stereocenters. The summed E-state index contributed by atoms with van der Waals surface area (Å²) in [7, 11) is 0. The number of fused-ring (bicyclic) bond motifs is 1. The Morgan fingerprint density at radius 2 is 1.78 bits per heavy atom. The van der Waals surface area contributed by atoms with Gasteiger partial charge in [-0.2, -0.15) is 0 Å². The summed E-state index contributed by atoms with van der Waals surface area (Å²) in [6.07, 6.45) is 1.78. The first-order valence-electron chi connectivity index (χ1n) is 6.03. The normalized spacial score (nSPS) is 13.5. The molecule has 2 heterocycles. The molecular formula is C15H14N2O. The van der Waals surface area contributed by atoms with Crippen LogP contribution < -0.4 is 4.90 Å². The topological polar surface area (TPSA) is 33.2 Å². The molecule has 0 aliphatic carbocycles. The van der Waals surface area contributed by atoms with Crippen LogP contribution in [-0.2, 0) is 13.1 Å². The van der Waals surface area contributed by atoms with Gasteiger partial charge in [0.1, 0.15) is 5.69 Å². The van der Waals surface area contributed by atoms with Crippen LogP contribution in [0.4, 0.5) is 5.69 Å². The summed E-state index contributed by atoms with van der Waals surface area (Å²) >= 11 is 0. The zero-order valence-corrected chi connectivity index (χ0v) is 10.3. The standard InChI is InChI=1S/C15H14N2O/c1-11(18)15-7-6-14(8-16-15)17-9-12-4-2-3-5-13(12)10-17/h2-8H,9-10H2,1H3. The number of hydrogen-bond acceptors (Lipinski definition) is 3. The molecule has 0 radical (unpaired) electrons. The Morgan fingerprint density at radius 1 is 1.11 bits per heavy atom. The van der Waals surface area contributed by atoms with Crippen LogP contribution in [0.25, 0.3) is 0 Å². The Balaban J connectivity index is 1.84. The summed E-state index contributed by atoms with van der Waals surface area (Å²) < 4.78 is 0. The zero-order valence-electron chi connectivity index (χ0n) is 10.3. The fourth-order valence-electron chi connectivity index (χ4n) is 2.30. The predicted molar refractivity (Wildman–Crippen MR) is 70.6 cm³/mol. The minimum absolute atomic E-state index is 0.00579. The molecule has 1 aromatic carbocycles. The van der Waals surface area contributed by atoms with Gasteiger partial charge in [-0.3, -0.25) is 9.78 Å². The van der Waals surface area contributed by atoms with Crippen molar-refractivity contribution in [3.05, 3.63) is 59.4 Å². The summed E-state index contributed by atoms with van der Waals surface area (Å²) in [5.74, 6) is 0.00579. The highest BCUT2D eigenvalue weighted by Gasteiger charge is 2.18. The molecule has 0 amide bonds. The second kappa shape index (κ2) is 4.26. The van der Waals surface area contributed by atoms with Crippen LogP contribution in [-0.4, -0.2) is 10.8 Å². The third-order valence-electron chi connectivity index (χ3n) is 3.31. The van der Waals surface area contributed by atoms with E-state index in [0.29, 0.717) is 5.69 Å². The molecular weight excluding hydrogens is 224 g/mol. The summed E-state index contributed by atoms with van der Waals surface area (Å²) in [5, 5.41) is 0. The minimum atomic E-state index is 0.00579. The van der Waals surface area contributed by atoms with Crippen LogP contribution in [0.5, 0.6) is 0 Å². The quantitative estimate of drug-likeness (QED) is 0.754. The highest BCUT2D eigenvalue weighted by Crippen LogP contribution is 2.27. The number of aromatic nitrogens is 1. The molecule has 3 nitrogen and oxygen atoms in total. The minimum Gasteiger partial charge on any atom is -0.362 e.